The van der Waals surface area contributed by atoms with Crippen molar-refractivity contribution >= 4 is 23.8 Å². The highest BCUT2D eigenvalue weighted by atomic mass is 35.5. The second-order valence-electron chi connectivity index (χ2n) is 3.93. The summed E-state index contributed by atoms with van der Waals surface area (Å²) < 4.78 is 13.2. The van der Waals surface area contributed by atoms with Crippen LogP contribution in [-0.2, 0) is 6.42 Å². The van der Waals surface area contributed by atoms with Gasteiger partial charge in [0.2, 0.25) is 0 Å². The molecule has 2 aromatic rings. The molecule has 0 aliphatic heterocycles. The number of aryl methyl sites for hydroxylation is 1. The molecule has 0 saturated heterocycles. The van der Waals surface area contributed by atoms with Gasteiger partial charge in [-0.2, -0.15) is 0 Å². The lowest BCUT2D eigenvalue weighted by molar-refractivity contribution is 0.401. The molecule has 0 unspecified atom stereocenters. The monoisotopic (exact) mass is 298 g/mol. The Morgan fingerprint density at radius 1 is 1.26 bits per heavy atom. The second kappa shape index (κ2) is 5.67. The maximum Gasteiger partial charge on any atom is 0.182 e. The Balaban J connectivity index is 2.73. The van der Waals surface area contributed by atoms with Gasteiger partial charge in [0.05, 0.1) is 24.9 Å². The number of benzene rings is 1. The molecule has 0 bridgehead atoms. The second-order valence-corrected chi connectivity index (χ2v) is 4.73. The number of aromatic amines is 1. The van der Waals surface area contributed by atoms with Crippen LogP contribution in [0.15, 0.2) is 18.3 Å². The molecule has 4 nitrogen and oxygen atoms in total. The minimum Gasteiger partial charge on any atom is -0.495 e. The maximum atomic E-state index is 6.11. The summed E-state index contributed by atoms with van der Waals surface area (Å²) in [5.41, 5.74) is 1.87. The highest BCUT2D eigenvalue weighted by Gasteiger charge is 2.14. The van der Waals surface area contributed by atoms with Gasteiger partial charge >= 0.3 is 0 Å². The van der Waals surface area contributed by atoms with Crippen molar-refractivity contribution in [2.24, 2.45) is 0 Å². The molecule has 1 heterocycles. The van der Waals surface area contributed by atoms with E-state index in [0.717, 1.165) is 17.8 Å². The van der Waals surface area contributed by atoms with Crippen LogP contribution in [0.2, 0.25) is 5.02 Å². The Labute approximate surface area is 121 Å². The lowest BCUT2D eigenvalue weighted by Crippen LogP contribution is -2.03. The van der Waals surface area contributed by atoms with Gasteiger partial charge in [0.25, 0.3) is 0 Å². The van der Waals surface area contributed by atoms with E-state index in [2.05, 4.69) is 11.9 Å². The maximum absolute atomic E-state index is 6.11. The smallest absolute Gasteiger partial charge is 0.182 e. The van der Waals surface area contributed by atoms with Crippen LogP contribution in [0.5, 0.6) is 11.5 Å². The topological polar surface area (TPSA) is 39.2 Å². The molecule has 0 spiro atoms. The van der Waals surface area contributed by atoms with E-state index in [9.17, 15) is 0 Å². The van der Waals surface area contributed by atoms with Gasteiger partial charge in [-0.3, -0.25) is 4.57 Å². The summed E-state index contributed by atoms with van der Waals surface area (Å²) in [5.74, 6) is 1.24. The van der Waals surface area contributed by atoms with Crippen LogP contribution in [0.25, 0.3) is 5.69 Å². The molecule has 6 heteroatoms. The third kappa shape index (κ3) is 2.48. The number of hydrogen-bond donors (Lipinski definition) is 1. The molecule has 1 aromatic heterocycles. The summed E-state index contributed by atoms with van der Waals surface area (Å²) >= 11 is 11.4. The minimum absolute atomic E-state index is 0.503. The van der Waals surface area contributed by atoms with Crippen LogP contribution in [0.3, 0.4) is 0 Å². The first-order chi connectivity index (χ1) is 9.12. The third-order valence-electron chi connectivity index (χ3n) is 2.91. The lowest BCUT2D eigenvalue weighted by Gasteiger charge is -2.14. The summed E-state index contributed by atoms with van der Waals surface area (Å²) in [7, 11) is 3.18. The van der Waals surface area contributed by atoms with Gasteiger partial charge in [0, 0.05) is 24.0 Å². The van der Waals surface area contributed by atoms with Gasteiger partial charge < -0.3 is 14.5 Å². The number of nitrogens with one attached hydrogen (secondary N) is 1. The number of rotatable bonds is 4. The van der Waals surface area contributed by atoms with E-state index >= 15 is 0 Å². The first-order valence-corrected chi connectivity index (χ1v) is 6.62. The number of imidazole rings is 1. The zero-order valence-electron chi connectivity index (χ0n) is 11.0. The molecular formula is C13H15ClN2O2S. The number of halogens is 1. The molecule has 2 rings (SSSR count). The molecule has 1 aromatic carbocycles. The van der Waals surface area contributed by atoms with Crippen LogP contribution in [0, 0.1) is 4.77 Å². The van der Waals surface area contributed by atoms with E-state index in [1.165, 1.54) is 0 Å². The van der Waals surface area contributed by atoms with Crippen LogP contribution in [0.4, 0.5) is 0 Å². The van der Waals surface area contributed by atoms with Gasteiger partial charge in [-0.25, -0.2) is 0 Å². The van der Waals surface area contributed by atoms with Crippen LogP contribution >= 0.6 is 23.8 Å². The molecule has 0 radical (unpaired) electrons. The fourth-order valence-corrected chi connectivity index (χ4v) is 2.45. The van der Waals surface area contributed by atoms with E-state index in [1.807, 2.05) is 16.8 Å². The average molecular weight is 299 g/mol. The van der Waals surface area contributed by atoms with Crippen molar-refractivity contribution in [1.82, 2.24) is 9.55 Å². The molecule has 0 fully saturated rings. The van der Waals surface area contributed by atoms with Crippen molar-refractivity contribution in [3.8, 4) is 17.2 Å². The Morgan fingerprint density at radius 2 is 1.95 bits per heavy atom. The highest BCUT2D eigenvalue weighted by molar-refractivity contribution is 7.71. The Morgan fingerprint density at radius 3 is 2.53 bits per heavy atom. The number of nitrogens with zero attached hydrogens (tertiary/aromatic N) is 1. The summed E-state index contributed by atoms with van der Waals surface area (Å²) in [6.45, 7) is 2.06. The normalized spacial score (nSPS) is 10.5. The molecule has 19 heavy (non-hydrogen) atoms. The molecular weight excluding hydrogens is 284 g/mol. The van der Waals surface area contributed by atoms with Gasteiger partial charge in [-0.1, -0.05) is 18.5 Å². The number of ether oxygens (including phenoxy) is 2. The molecule has 0 saturated carbocycles. The number of methoxy groups -OCH3 is 2. The molecule has 0 aliphatic rings. The Kier molecular flexibility index (Phi) is 4.17. The molecule has 1 N–H and O–H groups in total. The standard InChI is InChI=1S/C13H15ClN2O2S/c1-4-8-7-15-13(19)16(8)10-6-11(17-2)9(14)5-12(10)18-3/h5-7H,4H2,1-3H3,(H,15,19). The van der Waals surface area contributed by atoms with Gasteiger partial charge in [0.15, 0.2) is 4.77 Å². The molecule has 0 amide bonds. The zero-order valence-corrected chi connectivity index (χ0v) is 12.6. The number of H-pyrrole nitrogens is 1. The minimum atomic E-state index is 0.503. The van der Waals surface area contributed by atoms with E-state index in [1.54, 1.807) is 20.3 Å². The largest absolute Gasteiger partial charge is 0.495 e. The van der Waals surface area contributed by atoms with Crippen LogP contribution in [0.1, 0.15) is 12.6 Å². The predicted octanol–water partition coefficient (Wildman–Crippen LogP) is 3.77. The molecule has 0 atom stereocenters. The van der Waals surface area contributed by atoms with Gasteiger partial charge in [-0.05, 0) is 18.6 Å². The predicted molar refractivity (Wildman–Crippen MR) is 78.4 cm³/mol. The summed E-state index contributed by atoms with van der Waals surface area (Å²) in [4.78, 5) is 3.04. The SMILES string of the molecule is CCc1c[nH]c(=S)n1-c1cc(OC)c(Cl)cc1OC. The Hall–Kier alpha value is -1.46. The van der Waals surface area contributed by atoms with E-state index in [0.29, 0.717) is 21.3 Å². The quantitative estimate of drug-likeness (QED) is 0.873. The van der Waals surface area contributed by atoms with E-state index in [-0.39, 0.29) is 0 Å². The highest BCUT2D eigenvalue weighted by Crippen LogP contribution is 2.35. The van der Waals surface area contributed by atoms with Crippen molar-refractivity contribution in [1.29, 1.82) is 0 Å². The summed E-state index contributed by atoms with van der Waals surface area (Å²) in [5, 5.41) is 0.503. The van der Waals surface area contributed by atoms with Crippen molar-refractivity contribution in [2.45, 2.75) is 13.3 Å². The van der Waals surface area contributed by atoms with Crippen LogP contribution < -0.4 is 9.47 Å². The zero-order chi connectivity index (χ0) is 14.0. The van der Waals surface area contributed by atoms with Crippen LogP contribution in [-0.4, -0.2) is 23.8 Å². The van der Waals surface area contributed by atoms with Crippen molar-refractivity contribution < 1.29 is 9.47 Å². The lowest BCUT2D eigenvalue weighted by atomic mass is 10.2. The fourth-order valence-electron chi connectivity index (χ4n) is 1.95. The molecule has 102 valence electrons. The molecule has 0 aliphatic carbocycles. The summed E-state index contributed by atoms with van der Waals surface area (Å²) in [6, 6.07) is 3.55. The number of hydrogen-bond acceptors (Lipinski definition) is 3. The van der Waals surface area contributed by atoms with Crippen molar-refractivity contribution in [2.75, 3.05) is 14.2 Å². The first kappa shape index (κ1) is 14.0. The first-order valence-electron chi connectivity index (χ1n) is 5.83. The third-order valence-corrected chi connectivity index (χ3v) is 3.50. The number of aromatic nitrogens is 2. The van der Waals surface area contributed by atoms with Crippen molar-refractivity contribution in [3.05, 3.63) is 33.8 Å². The fraction of sp³-hybridized carbons (Fsp3) is 0.308. The average Bonchev–Trinajstić information content (AvgIpc) is 2.79. The van der Waals surface area contributed by atoms with Crippen molar-refractivity contribution in [3.63, 3.8) is 0 Å². The summed E-state index contributed by atoms with van der Waals surface area (Å²) in [6.07, 6.45) is 2.74. The van der Waals surface area contributed by atoms with E-state index in [4.69, 9.17) is 33.3 Å². The van der Waals surface area contributed by atoms with Gasteiger partial charge in [-0.15, -0.1) is 0 Å². The van der Waals surface area contributed by atoms with Gasteiger partial charge in [0.1, 0.15) is 11.5 Å². The Bertz CT molecular complexity index is 649. The van der Waals surface area contributed by atoms with E-state index < -0.39 is 0 Å².